The molecule has 3 N–H and O–H groups in total. The molecular weight excluding hydrogens is 372 g/mol. The maximum absolute atomic E-state index is 12.9. The van der Waals surface area contributed by atoms with Gasteiger partial charge < -0.3 is 15.8 Å². The molecule has 1 aromatic heterocycles. The molecule has 6 heteroatoms. The third-order valence-electron chi connectivity index (χ3n) is 5.03. The second-order valence-electron chi connectivity index (χ2n) is 7.14. The van der Waals surface area contributed by atoms with Gasteiger partial charge in [-0.25, -0.2) is 0 Å². The fourth-order valence-electron chi connectivity index (χ4n) is 3.58. The molecule has 150 valence electrons. The van der Waals surface area contributed by atoms with E-state index in [0.717, 1.165) is 49.0 Å². The van der Waals surface area contributed by atoms with Crippen LogP contribution >= 0.6 is 11.3 Å². The molecule has 0 atom stereocenters. The third kappa shape index (κ3) is 4.73. The van der Waals surface area contributed by atoms with Crippen LogP contribution in [0.4, 0.5) is 5.00 Å². The van der Waals surface area contributed by atoms with E-state index in [9.17, 15) is 9.59 Å². The van der Waals surface area contributed by atoms with Gasteiger partial charge in [0.1, 0.15) is 10.8 Å². The first-order chi connectivity index (χ1) is 13.6. The Morgan fingerprint density at radius 1 is 1.14 bits per heavy atom. The van der Waals surface area contributed by atoms with Crippen LogP contribution in [0, 0.1) is 0 Å². The molecule has 2 aromatic rings. The number of carbonyl (C=O) groups excluding carboxylic acids is 2. The molecule has 3 rings (SSSR count). The van der Waals surface area contributed by atoms with E-state index in [4.69, 9.17) is 10.5 Å². The van der Waals surface area contributed by atoms with Crippen LogP contribution in [-0.4, -0.2) is 18.4 Å². The second-order valence-corrected chi connectivity index (χ2v) is 8.24. The lowest BCUT2D eigenvalue weighted by atomic mass is 9.95. The number of hydrogen-bond donors (Lipinski definition) is 2. The van der Waals surface area contributed by atoms with Gasteiger partial charge in [-0.15, -0.1) is 11.3 Å². The number of hydrogen-bond acceptors (Lipinski definition) is 4. The van der Waals surface area contributed by atoms with E-state index in [0.29, 0.717) is 28.5 Å². The molecule has 0 spiro atoms. The van der Waals surface area contributed by atoms with E-state index in [1.807, 2.05) is 18.2 Å². The molecular formula is C22H28N2O3S. The first kappa shape index (κ1) is 20.4. The lowest BCUT2D eigenvalue weighted by Crippen LogP contribution is -2.19. The Morgan fingerprint density at radius 3 is 2.71 bits per heavy atom. The number of nitrogens with two attached hydrogens (primary N) is 1. The summed E-state index contributed by atoms with van der Waals surface area (Å²) in [4.78, 5) is 26.1. The van der Waals surface area contributed by atoms with Gasteiger partial charge in [-0.2, -0.15) is 0 Å². The van der Waals surface area contributed by atoms with Crippen molar-refractivity contribution in [2.24, 2.45) is 5.73 Å². The van der Waals surface area contributed by atoms with Crippen molar-refractivity contribution in [1.29, 1.82) is 0 Å². The largest absolute Gasteiger partial charge is 0.493 e. The SMILES string of the molecule is CCCCCCOc1ccccc1C(=O)Nc1sc2c(c1C(N)=O)CCCC2. The molecule has 0 fully saturated rings. The monoisotopic (exact) mass is 400 g/mol. The fourth-order valence-corrected chi connectivity index (χ4v) is 4.87. The first-order valence-corrected chi connectivity index (χ1v) is 10.9. The molecule has 5 nitrogen and oxygen atoms in total. The Labute approximate surface area is 170 Å². The summed E-state index contributed by atoms with van der Waals surface area (Å²) >= 11 is 1.47. The van der Waals surface area contributed by atoms with Crippen molar-refractivity contribution in [1.82, 2.24) is 0 Å². The average molecular weight is 401 g/mol. The van der Waals surface area contributed by atoms with Gasteiger partial charge in [0.2, 0.25) is 0 Å². The van der Waals surface area contributed by atoms with Crippen LogP contribution in [0.2, 0.25) is 0 Å². The maximum atomic E-state index is 12.9. The molecule has 0 bridgehead atoms. The van der Waals surface area contributed by atoms with Gasteiger partial charge in [-0.1, -0.05) is 38.3 Å². The van der Waals surface area contributed by atoms with Gasteiger partial charge in [0.05, 0.1) is 17.7 Å². The quantitative estimate of drug-likeness (QED) is 0.585. The van der Waals surface area contributed by atoms with Crippen LogP contribution in [0.15, 0.2) is 24.3 Å². The zero-order chi connectivity index (χ0) is 19.9. The van der Waals surface area contributed by atoms with Crippen molar-refractivity contribution in [2.45, 2.75) is 58.3 Å². The van der Waals surface area contributed by atoms with Crippen LogP contribution in [0.1, 0.15) is 76.6 Å². The molecule has 2 amide bonds. The molecule has 0 unspecified atom stereocenters. The van der Waals surface area contributed by atoms with Crippen LogP contribution in [0.3, 0.4) is 0 Å². The number of anilines is 1. The molecule has 28 heavy (non-hydrogen) atoms. The average Bonchev–Trinajstić information content (AvgIpc) is 3.06. The minimum absolute atomic E-state index is 0.273. The summed E-state index contributed by atoms with van der Waals surface area (Å²) in [5, 5.41) is 3.47. The molecule has 0 saturated heterocycles. The lowest BCUT2D eigenvalue weighted by Gasteiger charge is -2.12. The molecule has 0 radical (unpaired) electrons. The van der Waals surface area contributed by atoms with Gasteiger partial charge >= 0.3 is 0 Å². The smallest absolute Gasteiger partial charge is 0.260 e. The van der Waals surface area contributed by atoms with Crippen LogP contribution in [0.5, 0.6) is 5.75 Å². The molecule has 1 aromatic carbocycles. The van der Waals surface area contributed by atoms with E-state index in [2.05, 4.69) is 12.2 Å². The van der Waals surface area contributed by atoms with E-state index in [1.165, 1.54) is 24.2 Å². The predicted molar refractivity (Wildman–Crippen MR) is 114 cm³/mol. The highest BCUT2D eigenvalue weighted by Gasteiger charge is 2.25. The number of rotatable bonds is 9. The van der Waals surface area contributed by atoms with E-state index >= 15 is 0 Å². The molecule has 1 heterocycles. The van der Waals surface area contributed by atoms with E-state index in [1.54, 1.807) is 6.07 Å². The highest BCUT2D eigenvalue weighted by atomic mass is 32.1. The summed E-state index contributed by atoms with van der Waals surface area (Å²) in [6.07, 6.45) is 8.38. The van der Waals surface area contributed by atoms with E-state index < -0.39 is 5.91 Å². The topological polar surface area (TPSA) is 81.4 Å². The standard InChI is InChI=1S/C22H28N2O3S/c1-2-3-4-9-14-27-17-12-7-5-10-15(17)21(26)24-22-19(20(23)25)16-11-6-8-13-18(16)28-22/h5,7,10,12H,2-4,6,8-9,11,13-14H2,1H3,(H2,23,25)(H,24,26). The predicted octanol–water partition coefficient (Wildman–Crippen LogP) is 4.94. The van der Waals surface area contributed by atoms with Gasteiger partial charge in [0, 0.05) is 4.88 Å². The third-order valence-corrected chi connectivity index (χ3v) is 6.24. The number of para-hydroxylation sites is 1. The van der Waals surface area contributed by atoms with Crippen LogP contribution in [0.25, 0.3) is 0 Å². The Hall–Kier alpha value is -2.34. The molecule has 1 aliphatic rings. The fraction of sp³-hybridized carbons (Fsp3) is 0.455. The van der Waals surface area contributed by atoms with Crippen molar-refractivity contribution in [2.75, 3.05) is 11.9 Å². The number of benzene rings is 1. The van der Waals surface area contributed by atoms with Crippen LogP contribution < -0.4 is 15.8 Å². The summed E-state index contributed by atoms with van der Waals surface area (Å²) in [7, 11) is 0. The number of unbranched alkanes of at least 4 members (excludes halogenated alkanes) is 3. The molecule has 0 saturated carbocycles. The van der Waals surface area contributed by atoms with Gasteiger partial charge in [0.25, 0.3) is 11.8 Å². The summed E-state index contributed by atoms with van der Waals surface area (Å²) in [5.41, 5.74) is 7.59. The lowest BCUT2D eigenvalue weighted by molar-refractivity contribution is 0.100. The minimum atomic E-state index is -0.477. The number of primary amides is 1. The maximum Gasteiger partial charge on any atom is 0.260 e. The zero-order valence-corrected chi connectivity index (χ0v) is 17.2. The summed E-state index contributed by atoms with van der Waals surface area (Å²) in [6.45, 7) is 2.76. The van der Waals surface area contributed by atoms with Gasteiger partial charge in [0.15, 0.2) is 0 Å². The number of thiophene rings is 1. The number of ether oxygens (including phenoxy) is 1. The van der Waals surface area contributed by atoms with Crippen molar-refractivity contribution < 1.29 is 14.3 Å². The zero-order valence-electron chi connectivity index (χ0n) is 16.4. The van der Waals surface area contributed by atoms with Crippen molar-refractivity contribution >= 4 is 28.2 Å². The van der Waals surface area contributed by atoms with Crippen LogP contribution in [-0.2, 0) is 12.8 Å². The minimum Gasteiger partial charge on any atom is -0.493 e. The highest BCUT2D eigenvalue weighted by molar-refractivity contribution is 7.17. The summed E-state index contributed by atoms with van der Waals surface area (Å²) in [6, 6.07) is 7.22. The number of fused-ring (bicyclic) bond motifs is 1. The summed E-state index contributed by atoms with van der Waals surface area (Å²) in [5.74, 6) is -0.182. The second kappa shape index (κ2) is 9.73. The Balaban J connectivity index is 1.75. The molecule has 1 aliphatic carbocycles. The molecule has 0 aliphatic heterocycles. The van der Waals surface area contributed by atoms with Crippen molar-refractivity contribution in [3.8, 4) is 5.75 Å². The number of nitrogens with one attached hydrogen (secondary N) is 1. The van der Waals surface area contributed by atoms with Crippen molar-refractivity contribution in [3.05, 3.63) is 45.8 Å². The number of carbonyl (C=O) groups is 2. The number of amides is 2. The van der Waals surface area contributed by atoms with E-state index in [-0.39, 0.29) is 5.91 Å². The van der Waals surface area contributed by atoms with Gasteiger partial charge in [-0.3, -0.25) is 9.59 Å². The first-order valence-electron chi connectivity index (χ1n) is 10.1. The Morgan fingerprint density at radius 2 is 1.93 bits per heavy atom. The Bertz CT molecular complexity index is 844. The highest BCUT2D eigenvalue weighted by Crippen LogP contribution is 2.38. The summed E-state index contributed by atoms with van der Waals surface area (Å²) < 4.78 is 5.85. The Kier molecular flexibility index (Phi) is 7.09. The number of aryl methyl sites for hydroxylation is 1. The van der Waals surface area contributed by atoms with Crippen molar-refractivity contribution in [3.63, 3.8) is 0 Å². The van der Waals surface area contributed by atoms with Gasteiger partial charge in [-0.05, 0) is 49.8 Å². The normalized spacial score (nSPS) is 13.0.